The maximum atomic E-state index is 13.1. The molecule has 0 aliphatic carbocycles. The predicted octanol–water partition coefficient (Wildman–Crippen LogP) is 4.12. The Morgan fingerprint density at radius 1 is 0.967 bits per heavy atom. The maximum absolute atomic E-state index is 13.1. The molecule has 0 amide bonds. The molecule has 30 heavy (non-hydrogen) atoms. The van der Waals surface area contributed by atoms with Gasteiger partial charge < -0.3 is 20.0 Å². The molecule has 0 aliphatic heterocycles. The van der Waals surface area contributed by atoms with Crippen molar-refractivity contribution in [2.24, 2.45) is 23.0 Å². The summed E-state index contributed by atoms with van der Waals surface area (Å²) in [6.07, 6.45) is 1.61. The molecule has 0 aromatic carbocycles. The van der Waals surface area contributed by atoms with Crippen LogP contribution in [-0.2, 0) is 23.9 Å². The summed E-state index contributed by atoms with van der Waals surface area (Å²) in [7, 11) is 0. The van der Waals surface area contributed by atoms with Crippen LogP contribution in [0.4, 0.5) is 0 Å². The Morgan fingerprint density at radius 3 is 1.97 bits per heavy atom. The molecule has 6 nitrogen and oxygen atoms in total. The Morgan fingerprint density at radius 2 is 1.50 bits per heavy atom. The van der Waals surface area contributed by atoms with Gasteiger partial charge in [0, 0.05) is 17.4 Å². The lowest BCUT2D eigenvalue weighted by molar-refractivity contribution is -0.158. The van der Waals surface area contributed by atoms with E-state index in [2.05, 4.69) is 6.92 Å². The van der Waals surface area contributed by atoms with Crippen LogP contribution in [-0.4, -0.2) is 47.8 Å². The van der Waals surface area contributed by atoms with E-state index in [1.165, 1.54) is 0 Å². The lowest BCUT2D eigenvalue weighted by atomic mass is 9.73. The third-order valence-corrected chi connectivity index (χ3v) is 5.90. The Balaban J connectivity index is 4.88. The molecule has 0 heterocycles. The standard InChI is InChI=1S/C24H45NO5/c1-15(19(5)25)11-12-17(3)29-20(6)21(27)16(2)13-23(7,8)22(28)24(9,10)30-18(4)14-26/h14-20H,11-13,25H2,1-10H3. The number of ether oxygens (including phenoxy) is 2. The molecule has 0 bridgehead atoms. The molecule has 6 unspecified atom stereocenters. The zero-order chi connectivity index (χ0) is 23.9. The maximum Gasteiger partial charge on any atom is 0.169 e. The molecule has 0 aliphatic rings. The fraction of sp³-hybridized carbons (Fsp3) is 0.875. The highest BCUT2D eigenvalue weighted by Gasteiger charge is 2.42. The number of aldehydes is 1. The summed E-state index contributed by atoms with van der Waals surface area (Å²) in [5.41, 5.74) is 4.02. The Labute approximate surface area is 183 Å². The molecule has 0 fully saturated rings. The zero-order valence-electron chi connectivity index (χ0n) is 20.8. The van der Waals surface area contributed by atoms with E-state index in [0.29, 0.717) is 18.6 Å². The van der Waals surface area contributed by atoms with Crippen molar-refractivity contribution in [3.8, 4) is 0 Å². The van der Waals surface area contributed by atoms with Crippen molar-refractivity contribution in [3.05, 3.63) is 0 Å². The van der Waals surface area contributed by atoms with Gasteiger partial charge in [0.1, 0.15) is 24.1 Å². The van der Waals surface area contributed by atoms with E-state index in [9.17, 15) is 14.4 Å². The van der Waals surface area contributed by atoms with Crippen LogP contribution in [0.15, 0.2) is 0 Å². The molecular formula is C24H45NO5. The number of nitrogens with two attached hydrogens (primary N) is 1. The van der Waals surface area contributed by atoms with E-state index in [1.54, 1.807) is 27.7 Å². The number of carbonyl (C=O) groups is 3. The summed E-state index contributed by atoms with van der Waals surface area (Å²) in [6.45, 7) is 18.3. The predicted molar refractivity (Wildman–Crippen MR) is 120 cm³/mol. The van der Waals surface area contributed by atoms with E-state index in [0.717, 1.165) is 12.8 Å². The smallest absolute Gasteiger partial charge is 0.169 e. The van der Waals surface area contributed by atoms with Gasteiger partial charge in [0.25, 0.3) is 0 Å². The fourth-order valence-electron chi connectivity index (χ4n) is 3.96. The Kier molecular flexibility index (Phi) is 11.6. The van der Waals surface area contributed by atoms with Gasteiger partial charge in [-0.2, -0.15) is 0 Å². The zero-order valence-corrected chi connectivity index (χ0v) is 20.8. The van der Waals surface area contributed by atoms with Crippen LogP contribution in [0, 0.1) is 17.3 Å². The third kappa shape index (κ3) is 9.36. The van der Waals surface area contributed by atoms with Gasteiger partial charge in [-0.15, -0.1) is 0 Å². The number of carbonyl (C=O) groups excluding carboxylic acids is 3. The highest BCUT2D eigenvalue weighted by molar-refractivity contribution is 5.92. The minimum atomic E-state index is -1.11. The topological polar surface area (TPSA) is 95.7 Å². The van der Waals surface area contributed by atoms with Gasteiger partial charge in [-0.25, -0.2) is 0 Å². The fourth-order valence-corrected chi connectivity index (χ4v) is 3.96. The molecule has 176 valence electrons. The normalized spacial score (nSPS) is 18.8. The lowest BCUT2D eigenvalue weighted by Gasteiger charge is -2.35. The van der Waals surface area contributed by atoms with Crippen molar-refractivity contribution < 1.29 is 23.9 Å². The van der Waals surface area contributed by atoms with E-state index >= 15 is 0 Å². The van der Waals surface area contributed by atoms with Crippen LogP contribution < -0.4 is 5.73 Å². The first-order chi connectivity index (χ1) is 13.5. The van der Waals surface area contributed by atoms with Gasteiger partial charge >= 0.3 is 0 Å². The summed E-state index contributed by atoms with van der Waals surface area (Å²) in [4.78, 5) is 36.8. The van der Waals surface area contributed by atoms with Crippen LogP contribution >= 0.6 is 0 Å². The van der Waals surface area contributed by atoms with Crippen LogP contribution in [0.1, 0.15) is 88.5 Å². The van der Waals surface area contributed by atoms with Crippen LogP contribution in [0.2, 0.25) is 0 Å². The van der Waals surface area contributed by atoms with Crippen LogP contribution in [0.25, 0.3) is 0 Å². The van der Waals surface area contributed by atoms with Crippen molar-refractivity contribution in [1.29, 1.82) is 0 Å². The summed E-state index contributed by atoms with van der Waals surface area (Å²) in [6, 6.07) is 0.138. The van der Waals surface area contributed by atoms with E-state index < -0.39 is 23.2 Å². The van der Waals surface area contributed by atoms with Gasteiger partial charge in [0.05, 0.1) is 6.10 Å². The number of rotatable bonds is 15. The van der Waals surface area contributed by atoms with Gasteiger partial charge in [-0.05, 0) is 66.7 Å². The summed E-state index contributed by atoms with van der Waals surface area (Å²) in [5.74, 6) is -0.0770. The van der Waals surface area contributed by atoms with Crippen LogP contribution in [0.5, 0.6) is 0 Å². The minimum Gasteiger partial charge on any atom is -0.368 e. The Hall–Kier alpha value is -1.11. The molecule has 0 spiro atoms. The first-order valence-corrected chi connectivity index (χ1v) is 11.2. The third-order valence-electron chi connectivity index (χ3n) is 5.90. The molecule has 0 saturated heterocycles. The van der Waals surface area contributed by atoms with Crippen molar-refractivity contribution in [3.63, 3.8) is 0 Å². The molecule has 0 rings (SSSR count). The van der Waals surface area contributed by atoms with Crippen molar-refractivity contribution in [1.82, 2.24) is 0 Å². The summed E-state index contributed by atoms with van der Waals surface area (Å²) < 4.78 is 11.5. The second kappa shape index (κ2) is 12.1. The molecule has 0 aromatic rings. The van der Waals surface area contributed by atoms with Crippen molar-refractivity contribution in [2.75, 3.05) is 0 Å². The molecule has 0 radical (unpaired) electrons. The number of Topliss-reactive ketones (excluding diaryl/α,β-unsaturated/α-hetero) is 2. The highest BCUT2D eigenvalue weighted by Crippen LogP contribution is 2.34. The lowest BCUT2D eigenvalue weighted by Crippen LogP contribution is -2.47. The SMILES string of the molecule is CC(C=O)OC(C)(C)C(=O)C(C)(C)CC(C)C(=O)C(C)OC(C)CCC(C)C(C)N. The monoisotopic (exact) mass is 427 g/mol. The first-order valence-electron chi connectivity index (χ1n) is 11.2. The van der Waals surface area contributed by atoms with Gasteiger partial charge in [-0.1, -0.05) is 27.7 Å². The quantitative estimate of drug-likeness (QED) is 0.395. The summed E-state index contributed by atoms with van der Waals surface area (Å²) >= 11 is 0. The molecule has 6 heteroatoms. The Bertz CT molecular complexity index is 570. The van der Waals surface area contributed by atoms with Crippen molar-refractivity contribution >= 4 is 17.9 Å². The van der Waals surface area contributed by atoms with E-state index in [-0.39, 0.29) is 29.6 Å². The molecular weight excluding hydrogens is 382 g/mol. The minimum absolute atomic E-state index is 0.0112. The summed E-state index contributed by atoms with van der Waals surface area (Å²) in [5, 5.41) is 0. The second-order valence-corrected chi connectivity index (χ2v) is 10.2. The molecule has 2 N–H and O–H groups in total. The molecule has 0 aromatic heterocycles. The number of hydrogen-bond donors (Lipinski definition) is 1. The number of ketones is 2. The molecule has 6 atom stereocenters. The van der Waals surface area contributed by atoms with E-state index in [4.69, 9.17) is 15.2 Å². The first kappa shape index (κ1) is 28.9. The average Bonchev–Trinajstić information content (AvgIpc) is 2.63. The van der Waals surface area contributed by atoms with Gasteiger partial charge in [0.15, 0.2) is 11.6 Å². The highest BCUT2D eigenvalue weighted by atomic mass is 16.5. The molecule has 0 saturated carbocycles. The van der Waals surface area contributed by atoms with E-state index in [1.807, 2.05) is 34.6 Å². The van der Waals surface area contributed by atoms with Crippen molar-refractivity contribution in [2.45, 2.75) is 118 Å². The van der Waals surface area contributed by atoms with Gasteiger partial charge in [-0.3, -0.25) is 9.59 Å². The number of hydrogen-bond acceptors (Lipinski definition) is 6. The van der Waals surface area contributed by atoms with Crippen LogP contribution in [0.3, 0.4) is 0 Å². The second-order valence-electron chi connectivity index (χ2n) is 10.2. The van der Waals surface area contributed by atoms with Gasteiger partial charge in [0.2, 0.25) is 0 Å². The largest absolute Gasteiger partial charge is 0.368 e. The average molecular weight is 428 g/mol.